The normalized spacial score (nSPS) is 27.1. The average Bonchev–Trinajstić information content (AvgIpc) is 2.67. The molecule has 5 heteroatoms. The SMILES string of the molecule is CC(C)c1ccc([C@H]2C(C#N)C(=N)C(C#N)(C#N)C3=CCN(C)C[C@H]32)cc1. The van der Waals surface area contributed by atoms with Gasteiger partial charge in [-0.15, -0.1) is 0 Å². The molecule has 3 atom stereocenters. The van der Waals surface area contributed by atoms with Crippen molar-refractivity contribution >= 4 is 5.71 Å². The summed E-state index contributed by atoms with van der Waals surface area (Å²) >= 11 is 0. The van der Waals surface area contributed by atoms with Crippen molar-refractivity contribution in [2.75, 3.05) is 20.1 Å². The summed E-state index contributed by atoms with van der Waals surface area (Å²) < 4.78 is 0. The van der Waals surface area contributed by atoms with E-state index in [9.17, 15) is 15.8 Å². The first-order valence-electron chi connectivity index (χ1n) is 9.19. The maximum Gasteiger partial charge on any atom is 0.203 e. The lowest BCUT2D eigenvalue weighted by Crippen LogP contribution is -2.51. The number of nitrogens with one attached hydrogen (secondary N) is 1. The lowest BCUT2D eigenvalue weighted by molar-refractivity contribution is 0.244. The molecule has 136 valence electrons. The number of rotatable bonds is 2. The lowest BCUT2D eigenvalue weighted by atomic mass is 9.55. The van der Waals surface area contributed by atoms with Gasteiger partial charge in [-0.25, -0.2) is 0 Å². The van der Waals surface area contributed by atoms with Gasteiger partial charge in [-0.05, 0) is 29.7 Å². The van der Waals surface area contributed by atoms with E-state index in [0.717, 1.165) is 5.56 Å². The third-order valence-corrected chi connectivity index (χ3v) is 5.93. The fraction of sp³-hybridized carbons (Fsp3) is 0.455. The van der Waals surface area contributed by atoms with Crippen LogP contribution < -0.4 is 0 Å². The number of likely N-dealkylation sites (N-methyl/N-ethyl adjacent to an activating group) is 1. The van der Waals surface area contributed by atoms with E-state index in [-0.39, 0.29) is 17.5 Å². The van der Waals surface area contributed by atoms with Crippen molar-refractivity contribution in [2.45, 2.75) is 25.7 Å². The summed E-state index contributed by atoms with van der Waals surface area (Å²) in [6.45, 7) is 5.57. The Labute approximate surface area is 160 Å². The first-order chi connectivity index (χ1) is 12.9. The molecule has 1 fully saturated rings. The second-order valence-corrected chi connectivity index (χ2v) is 7.83. The van der Waals surface area contributed by atoms with Crippen LogP contribution in [-0.2, 0) is 0 Å². The van der Waals surface area contributed by atoms with Crippen LogP contribution in [0.5, 0.6) is 0 Å². The van der Waals surface area contributed by atoms with Gasteiger partial charge in [0.05, 0.1) is 29.8 Å². The monoisotopic (exact) mass is 357 g/mol. The highest BCUT2D eigenvalue weighted by molar-refractivity contribution is 6.01. The molecule has 5 nitrogen and oxygen atoms in total. The van der Waals surface area contributed by atoms with Crippen LogP contribution >= 0.6 is 0 Å². The number of hydrogen-bond acceptors (Lipinski definition) is 5. The summed E-state index contributed by atoms with van der Waals surface area (Å²) in [5.74, 6) is -0.737. The Morgan fingerprint density at radius 2 is 1.78 bits per heavy atom. The van der Waals surface area contributed by atoms with Crippen molar-refractivity contribution < 1.29 is 0 Å². The predicted molar refractivity (Wildman–Crippen MR) is 103 cm³/mol. The van der Waals surface area contributed by atoms with Crippen LogP contribution in [0.1, 0.15) is 36.8 Å². The van der Waals surface area contributed by atoms with Gasteiger partial charge in [0.15, 0.2) is 0 Å². The van der Waals surface area contributed by atoms with Gasteiger partial charge in [0, 0.05) is 24.9 Å². The number of hydrogen-bond donors (Lipinski definition) is 1. The smallest absolute Gasteiger partial charge is 0.203 e. The van der Waals surface area contributed by atoms with E-state index in [4.69, 9.17) is 5.41 Å². The zero-order chi connectivity index (χ0) is 19.8. The molecule has 3 rings (SSSR count). The topological polar surface area (TPSA) is 98.5 Å². The van der Waals surface area contributed by atoms with Gasteiger partial charge in [0.25, 0.3) is 0 Å². The minimum Gasteiger partial charge on any atom is -0.305 e. The van der Waals surface area contributed by atoms with Crippen molar-refractivity contribution in [3.05, 3.63) is 47.0 Å². The molecule has 1 unspecified atom stereocenters. The first kappa shape index (κ1) is 18.8. The Morgan fingerprint density at radius 1 is 1.15 bits per heavy atom. The fourth-order valence-electron chi connectivity index (χ4n) is 4.40. The molecule has 0 amide bonds. The summed E-state index contributed by atoms with van der Waals surface area (Å²) in [6.07, 6.45) is 1.91. The maximum atomic E-state index is 9.87. The summed E-state index contributed by atoms with van der Waals surface area (Å²) in [5.41, 5.74) is 1.20. The molecule has 0 spiro atoms. The molecule has 0 bridgehead atoms. The summed E-state index contributed by atoms with van der Waals surface area (Å²) in [5, 5.41) is 38.1. The van der Waals surface area contributed by atoms with Crippen LogP contribution in [0.3, 0.4) is 0 Å². The second-order valence-electron chi connectivity index (χ2n) is 7.83. The first-order valence-corrected chi connectivity index (χ1v) is 9.19. The molecule has 0 aromatic heterocycles. The largest absolute Gasteiger partial charge is 0.305 e. The standard InChI is InChI=1S/C22H23N5/c1-14(2)15-4-6-16(7-5-15)20-17(10-23)21(26)22(12-24,13-25)19-8-9-27(3)11-18(19)20/h4-8,14,17-18,20,26H,9,11H2,1-3H3/t17?,18-,20+/m1/s1. The molecule has 1 N–H and O–H groups in total. The molecule has 2 aliphatic rings. The molecule has 1 aliphatic carbocycles. The van der Waals surface area contributed by atoms with Crippen molar-refractivity contribution in [1.82, 2.24) is 4.90 Å². The third kappa shape index (κ3) is 2.84. The van der Waals surface area contributed by atoms with Gasteiger partial charge in [0.2, 0.25) is 5.41 Å². The lowest BCUT2D eigenvalue weighted by Gasteiger charge is -2.46. The van der Waals surface area contributed by atoms with Crippen LogP contribution in [-0.4, -0.2) is 30.7 Å². The van der Waals surface area contributed by atoms with Crippen molar-refractivity contribution in [3.8, 4) is 18.2 Å². The molecule has 1 aromatic rings. The van der Waals surface area contributed by atoms with Gasteiger partial charge in [-0.2, -0.15) is 15.8 Å². The Balaban J connectivity index is 2.17. The number of nitrogens with zero attached hydrogens (tertiary/aromatic N) is 4. The molecule has 1 heterocycles. The molecular weight excluding hydrogens is 334 g/mol. The van der Waals surface area contributed by atoms with E-state index in [1.165, 1.54) is 5.56 Å². The second kappa shape index (κ2) is 6.99. The Morgan fingerprint density at radius 3 is 2.30 bits per heavy atom. The van der Waals surface area contributed by atoms with E-state index < -0.39 is 11.3 Å². The van der Waals surface area contributed by atoms with E-state index in [0.29, 0.717) is 24.6 Å². The van der Waals surface area contributed by atoms with Gasteiger partial charge < -0.3 is 10.3 Å². The third-order valence-electron chi connectivity index (χ3n) is 5.93. The molecule has 0 saturated heterocycles. The Kier molecular flexibility index (Phi) is 4.88. The highest BCUT2D eigenvalue weighted by atomic mass is 15.1. The van der Waals surface area contributed by atoms with Gasteiger partial charge in [-0.3, -0.25) is 0 Å². The predicted octanol–water partition coefficient (Wildman–Crippen LogP) is 3.59. The molecule has 1 saturated carbocycles. The van der Waals surface area contributed by atoms with Crippen molar-refractivity contribution in [1.29, 1.82) is 21.2 Å². The highest BCUT2D eigenvalue weighted by Gasteiger charge is 2.56. The van der Waals surface area contributed by atoms with E-state index in [1.54, 1.807) is 0 Å². The number of fused-ring (bicyclic) bond motifs is 1. The van der Waals surface area contributed by atoms with Crippen LogP contribution in [0.4, 0.5) is 0 Å². The van der Waals surface area contributed by atoms with Crippen LogP contribution in [0.25, 0.3) is 0 Å². The Hall–Kier alpha value is -2.94. The van der Waals surface area contributed by atoms with Gasteiger partial charge >= 0.3 is 0 Å². The van der Waals surface area contributed by atoms with Gasteiger partial charge in [0.1, 0.15) is 0 Å². The molecule has 1 aromatic carbocycles. The summed E-state index contributed by atoms with van der Waals surface area (Å²) in [4.78, 5) is 2.13. The van der Waals surface area contributed by atoms with E-state index in [1.807, 2.05) is 25.3 Å². The van der Waals surface area contributed by atoms with Crippen LogP contribution in [0, 0.1) is 56.7 Å². The molecule has 1 aliphatic heterocycles. The summed E-state index contributed by atoms with van der Waals surface area (Å²) in [6, 6.07) is 14.6. The van der Waals surface area contributed by atoms with E-state index in [2.05, 4.69) is 49.1 Å². The number of benzene rings is 1. The minimum absolute atomic E-state index is 0.0833. The van der Waals surface area contributed by atoms with Crippen molar-refractivity contribution in [3.63, 3.8) is 0 Å². The minimum atomic E-state index is -1.62. The zero-order valence-corrected chi connectivity index (χ0v) is 15.9. The average molecular weight is 357 g/mol. The van der Waals surface area contributed by atoms with Crippen LogP contribution in [0.2, 0.25) is 0 Å². The van der Waals surface area contributed by atoms with E-state index >= 15 is 0 Å². The number of nitriles is 3. The zero-order valence-electron chi connectivity index (χ0n) is 15.9. The highest BCUT2D eigenvalue weighted by Crippen LogP contribution is 2.52. The molecule has 0 radical (unpaired) electrons. The van der Waals surface area contributed by atoms with Crippen LogP contribution in [0.15, 0.2) is 35.9 Å². The maximum absolute atomic E-state index is 9.87. The van der Waals surface area contributed by atoms with Crippen molar-refractivity contribution in [2.24, 2.45) is 17.3 Å². The summed E-state index contributed by atoms with van der Waals surface area (Å²) in [7, 11) is 1.99. The Bertz CT molecular complexity index is 890. The quantitative estimate of drug-likeness (QED) is 0.818. The molecule has 27 heavy (non-hydrogen) atoms. The molecular formula is C22H23N5. The fourth-order valence-corrected chi connectivity index (χ4v) is 4.40. The van der Waals surface area contributed by atoms with Gasteiger partial charge in [-0.1, -0.05) is 44.2 Å².